The maximum Gasteiger partial charge on any atom is 0.168 e. The lowest BCUT2D eigenvalue weighted by atomic mass is 9.77. The summed E-state index contributed by atoms with van der Waals surface area (Å²) >= 11 is 0. The molecule has 1 fully saturated rings. The van der Waals surface area contributed by atoms with Crippen LogP contribution in [-0.4, -0.2) is 5.11 Å². The SMILES string of the molecule is NC1(c2c(O)c(F)cc(F)c2F)CCCCC1. The number of hydrogen-bond acceptors (Lipinski definition) is 2. The molecule has 0 unspecified atom stereocenters. The Bertz CT molecular complexity index is 416. The van der Waals surface area contributed by atoms with Crippen molar-refractivity contribution in [1.29, 1.82) is 0 Å². The van der Waals surface area contributed by atoms with E-state index in [4.69, 9.17) is 5.73 Å². The molecule has 0 saturated heterocycles. The first-order valence-corrected chi connectivity index (χ1v) is 5.61. The van der Waals surface area contributed by atoms with Gasteiger partial charge in [0, 0.05) is 11.6 Å². The highest BCUT2D eigenvalue weighted by Gasteiger charge is 2.37. The molecule has 2 rings (SSSR count). The molecule has 0 aliphatic heterocycles. The van der Waals surface area contributed by atoms with Gasteiger partial charge in [-0.25, -0.2) is 13.2 Å². The summed E-state index contributed by atoms with van der Waals surface area (Å²) in [6, 6.07) is 0.334. The van der Waals surface area contributed by atoms with Crippen molar-refractivity contribution in [3.8, 4) is 5.75 Å². The predicted octanol–water partition coefficient (Wildman–Crippen LogP) is 2.93. The molecule has 0 bridgehead atoms. The molecule has 1 aromatic carbocycles. The zero-order chi connectivity index (χ0) is 12.6. The zero-order valence-corrected chi connectivity index (χ0v) is 9.27. The fourth-order valence-corrected chi connectivity index (χ4v) is 2.47. The fourth-order valence-electron chi connectivity index (χ4n) is 2.47. The number of phenolic OH excluding ortho intramolecular Hbond substituents is 1. The van der Waals surface area contributed by atoms with E-state index in [2.05, 4.69) is 0 Å². The van der Waals surface area contributed by atoms with Crippen molar-refractivity contribution < 1.29 is 18.3 Å². The van der Waals surface area contributed by atoms with Gasteiger partial charge in [0.15, 0.2) is 23.2 Å². The van der Waals surface area contributed by atoms with Gasteiger partial charge < -0.3 is 10.8 Å². The van der Waals surface area contributed by atoms with E-state index in [1.807, 2.05) is 0 Å². The van der Waals surface area contributed by atoms with E-state index in [1.54, 1.807) is 0 Å². The lowest BCUT2D eigenvalue weighted by Gasteiger charge is -2.34. The largest absolute Gasteiger partial charge is 0.505 e. The summed E-state index contributed by atoms with van der Waals surface area (Å²) in [5.74, 6) is -4.60. The molecule has 0 amide bonds. The fraction of sp³-hybridized carbons (Fsp3) is 0.500. The third-order valence-corrected chi connectivity index (χ3v) is 3.39. The standard InChI is InChI=1S/C12H14F3NO/c13-7-6-8(14)11(17)9(10(7)15)12(16)4-2-1-3-5-12/h6,17H,1-5,16H2. The van der Waals surface area contributed by atoms with Crippen LogP contribution in [0.2, 0.25) is 0 Å². The summed E-state index contributed by atoms with van der Waals surface area (Å²) in [6.07, 6.45) is 3.31. The Balaban J connectivity index is 2.57. The van der Waals surface area contributed by atoms with Crippen LogP contribution in [0.25, 0.3) is 0 Å². The Morgan fingerprint density at radius 3 is 2.24 bits per heavy atom. The minimum Gasteiger partial charge on any atom is -0.505 e. The number of rotatable bonds is 1. The molecule has 1 aliphatic carbocycles. The highest BCUT2D eigenvalue weighted by atomic mass is 19.2. The van der Waals surface area contributed by atoms with Crippen molar-refractivity contribution in [2.75, 3.05) is 0 Å². The van der Waals surface area contributed by atoms with Crippen LogP contribution < -0.4 is 5.73 Å². The zero-order valence-electron chi connectivity index (χ0n) is 9.27. The molecule has 0 heterocycles. The molecule has 1 aliphatic rings. The lowest BCUT2D eigenvalue weighted by molar-refractivity contribution is 0.273. The quantitative estimate of drug-likeness (QED) is 0.747. The summed E-state index contributed by atoms with van der Waals surface area (Å²) < 4.78 is 40.1. The van der Waals surface area contributed by atoms with Gasteiger partial charge in [-0.1, -0.05) is 19.3 Å². The van der Waals surface area contributed by atoms with E-state index in [9.17, 15) is 18.3 Å². The first kappa shape index (κ1) is 12.2. The van der Waals surface area contributed by atoms with E-state index >= 15 is 0 Å². The van der Waals surface area contributed by atoms with Crippen LogP contribution in [0.4, 0.5) is 13.2 Å². The summed E-state index contributed by atoms with van der Waals surface area (Å²) in [4.78, 5) is 0. The van der Waals surface area contributed by atoms with Crippen molar-refractivity contribution >= 4 is 0 Å². The minimum absolute atomic E-state index is 0.334. The number of phenols is 1. The van der Waals surface area contributed by atoms with Crippen molar-refractivity contribution in [3.05, 3.63) is 29.1 Å². The molecular formula is C12H14F3NO. The average Bonchev–Trinajstić information content (AvgIpc) is 2.27. The number of aromatic hydroxyl groups is 1. The van der Waals surface area contributed by atoms with Gasteiger partial charge in [0.05, 0.1) is 5.56 Å². The Kier molecular flexibility index (Phi) is 3.03. The van der Waals surface area contributed by atoms with Gasteiger partial charge in [-0.15, -0.1) is 0 Å². The van der Waals surface area contributed by atoms with E-state index in [0.29, 0.717) is 18.9 Å². The minimum atomic E-state index is -1.31. The van der Waals surface area contributed by atoms with Crippen LogP contribution >= 0.6 is 0 Å². The van der Waals surface area contributed by atoms with Crippen molar-refractivity contribution in [3.63, 3.8) is 0 Å². The Morgan fingerprint density at radius 1 is 1.06 bits per heavy atom. The van der Waals surface area contributed by atoms with Gasteiger partial charge in [0.1, 0.15) is 0 Å². The summed E-state index contributed by atoms with van der Waals surface area (Å²) in [5.41, 5.74) is 4.39. The molecule has 0 aromatic heterocycles. The smallest absolute Gasteiger partial charge is 0.168 e. The van der Waals surface area contributed by atoms with E-state index in [-0.39, 0.29) is 0 Å². The summed E-state index contributed by atoms with van der Waals surface area (Å²) in [7, 11) is 0. The molecule has 0 atom stereocenters. The van der Waals surface area contributed by atoms with Crippen LogP contribution in [0.3, 0.4) is 0 Å². The van der Waals surface area contributed by atoms with E-state index in [1.165, 1.54) is 0 Å². The number of nitrogens with two attached hydrogens (primary N) is 1. The molecule has 0 spiro atoms. The maximum absolute atomic E-state index is 13.7. The van der Waals surface area contributed by atoms with Gasteiger partial charge in [0.25, 0.3) is 0 Å². The van der Waals surface area contributed by atoms with Gasteiger partial charge in [-0.2, -0.15) is 0 Å². The molecule has 2 nitrogen and oxygen atoms in total. The van der Waals surface area contributed by atoms with Crippen molar-refractivity contribution in [1.82, 2.24) is 0 Å². The monoisotopic (exact) mass is 245 g/mol. The summed E-state index contributed by atoms with van der Waals surface area (Å²) in [6.45, 7) is 0. The lowest BCUT2D eigenvalue weighted by Crippen LogP contribution is -2.40. The van der Waals surface area contributed by atoms with Gasteiger partial charge in [-0.05, 0) is 12.8 Å². The second-order valence-electron chi connectivity index (χ2n) is 4.59. The number of halogens is 3. The molecule has 3 N–H and O–H groups in total. The maximum atomic E-state index is 13.7. The van der Waals surface area contributed by atoms with Crippen LogP contribution in [0, 0.1) is 17.5 Å². The second-order valence-corrected chi connectivity index (χ2v) is 4.59. The molecule has 94 valence electrons. The van der Waals surface area contributed by atoms with Gasteiger partial charge in [0.2, 0.25) is 0 Å². The van der Waals surface area contributed by atoms with E-state index < -0.39 is 34.3 Å². The molecule has 1 saturated carbocycles. The molecule has 1 aromatic rings. The summed E-state index contributed by atoms with van der Waals surface area (Å²) in [5, 5.41) is 9.56. The average molecular weight is 245 g/mol. The first-order chi connectivity index (χ1) is 7.96. The Hall–Kier alpha value is -1.23. The highest BCUT2D eigenvalue weighted by Crippen LogP contribution is 2.41. The topological polar surface area (TPSA) is 46.2 Å². The van der Waals surface area contributed by atoms with Crippen LogP contribution in [0.15, 0.2) is 6.07 Å². The number of benzene rings is 1. The highest BCUT2D eigenvalue weighted by molar-refractivity contribution is 5.41. The van der Waals surface area contributed by atoms with Gasteiger partial charge in [-0.3, -0.25) is 0 Å². The van der Waals surface area contributed by atoms with Crippen molar-refractivity contribution in [2.24, 2.45) is 5.73 Å². The molecule has 0 radical (unpaired) electrons. The van der Waals surface area contributed by atoms with Crippen LogP contribution in [-0.2, 0) is 5.54 Å². The Morgan fingerprint density at radius 2 is 1.65 bits per heavy atom. The predicted molar refractivity (Wildman–Crippen MR) is 56.9 cm³/mol. The molecule has 5 heteroatoms. The third-order valence-electron chi connectivity index (χ3n) is 3.39. The molecule has 17 heavy (non-hydrogen) atoms. The normalized spacial score (nSPS) is 19.3. The third kappa shape index (κ3) is 1.99. The van der Waals surface area contributed by atoms with E-state index in [0.717, 1.165) is 19.3 Å². The van der Waals surface area contributed by atoms with Crippen molar-refractivity contribution in [2.45, 2.75) is 37.6 Å². The second kappa shape index (κ2) is 4.22. The Labute approximate surface area is 97.2 Å². The van der Waals surface area contributed by atoms with Crippen LogP contribution in [0.5, 0.6) is 5.75 Å². The van der Waals surface area contributed by atoms with Gasteiger partial charge >= 0.3 is 0 Å². The van der Waals surface area contributed by atoms with Crippen LogP contribution in [0.1, 0.15) is 37.7 Å². The molecular weight excluding hydrogens is 231 g/mol. The first-order valence-electron chi connectivity index (χ1n) is 5.61. The number of hydrogen-bond donors (Lipinski definition) is 2.